The number of anilines is 1. The Morgan fingerprint density at radius 3 is 2.95 bits per heavy atom. The number of aromatic nitrogens is 1. The van der Waals surface area contributed by atoms with Crippen LogP contribution >= 0.6 is 11.6 Å². The predicted octanol–water partition coefficient (Wildman–Crippen LogP) is 4.40. The summed E-state index contributed by atoms with van der Waals surface area (Å²) in [6.45, 7) is 2.67. The molecule has 0 aliphatic heterocycles. The second-order valence-corrected chi connectivity index (χ2v) is 4.78. The van der Waals surface area contributed by atoms with E-state index >= 15 is 0 Å². The van der Waals surface area contributed by atoms with Gasteiger partial charge in [-0.1, -0.05) is 11.6 Å². The van der Waals surface area contributed by atoms with E-state index in [0.29, 0.717) is 11.6 Å². The Bertz CT molecular complexity index is 721. The molecule has 0 saturated carbocycles. The van der Waals surface area contributed by atoms with Crippen LogP contribution in [-0.4, -0.2) is 4.98 Å². The van der Waals surface area contributed by atoms with Crippen molar-refractivity contribution in [2.45, 2.75) is 13.5 Å². The Labute approximate surface area is 116 Å². The van der Waals surface area contributed by atoms with E-state index in [0.717, 1.165) is 27.9 Å². The van der Waals surface area contributed by atoms with Gasteiger partial charge < -0.3 is 9.73 Å². The third-order valence-electron chi connectivity index (χ3n) is 3.13. The second-order valence-electron chi connectivity index (χ2n) is 4.37. The highest BCUT2D eigenvalue weighted by molar-refractivity contribution is 6.35. The maximum Gasteiger partial charge on any atom is 0.125 e. The zero-order chi connectivity index (χ0) is 13.2. The zero-order valence-corrected chi connectivity index (χ0v) is 11.2. The van der Waals surface area contributed by atoms with Crippen LogP contribution in [0.25, 0.3) is 10.9 Å². The SMILES string of the molecule is Cc1ccoc1CNc1ccc(Cl)c2ncccc12. The molecule has 1 N–H and O–H groups in total. The van der Waals surface area contributed by atoms with E-state index in [9.17, 15) is 0 Å². The van der Waals surface area contributed by atoms with Gasteiger partial charge in [0.2, 0.25) is 0 Å². The lowest BCUT2D eigenvalue weighted by molar-refractivity contribution is 0.515. The normalized spacial score (nSPS) is 10.8. The fourth-order valence-corrected chi connectivity index (χ4v) is 2.27. The molecule has 2 aromatic heterocycles. The average molecular weight is 273 g/mol. The lowest BCUT2D eigenvalue weighted by atomic mass is 10.1. The van der Waals surface area contributed by atoms with Crippen LogP contribution in [0.3, 0.4) is 0 Å². The highest BCUT2D eigenvalue weighted by Crippen LogP contribution is 2.28. The van der Waals surface area contributed by atoms with Crippen LogP contribution in [0.5, 0.6) is 0 Å². The molecule has 19 heavy (non-hydrogen) atoms. The lowest BCUT2D eigenvalue weighted by Gasteiger charge is -2.09. The Morgan fingerprint density at radius 1 is 1.26 bits per heavy atom. The highest BCUT2D eigenvalue weighted by atomic mass is 35.5. The molecule has 0 aliphatic rings. The molecule has 4 heteroatoms. The van der Waals surface area contributed by atoms with Gasteiger partial charge in [-0.25, -0.2) is 0 Å². The van der Waals surface area contributed by atoms with Crippen molar-refractivity contribution >= 4 is 28.2 Å². The van der Waals surface area contributed by atoms with Crippen molar-refractivity contribution in [1.29, 1.82) is 0 Å². The first-order valence-electron chi connectivity index (χ1n) is 6.06. The summed E-state index contributed by atoms with van der Waals surface area (Å²) in [7, 11) is 0. The third-order valence-corrected chi connectivity index (χ3v) is 3.43. The monoisotopic (exact) mass is 272 g/mol. The van der Waals surface area contributed by atoms with Crippen molar-refractivity contribution in [2.24, 2.45) is 0 Å². The molecule has 3 nitrogen and oxygen atoms in total. The first-order valence-corrected chi connectivity index (χ1v) is 6.43. The van der Waals surface area contributed by atoms with Gasteiger partial charge in [0.05, 0.1) is 23.3 Å². The van der Waals surface area contributed by atoms with Crippen LogP contribution < -0.4 is 5.32 Å². The van der Waals surface area contributed by atoms with Gasteiger partial charge in [-0.2, -0.15) is 0 Å². The van der Waals surface area contributed by atoms with E-state index < -0.39 is 0 Å². The van der Waals surface area contributed by atoms with E-state index in [2.05, 4.69) is 10.3 Å². The summed E-state index contributed by atoms with van der Waals surface area (Å²) in [5.41, 5.74) is 2.96. The molecule has 0 spiro atoms. The molecular weight excluding hydrogens is 260 g/mol. The van der Waals surface area contributed by atoms with Crippen molar-refractivity contribution < 1.29 is 4.42 Å². The fourth-order valence-electron chi connectivity index (χ4n) is 2.05. The quantitative estimate of drug-likeness (QED) is 0.768. The Balaban J connectivity index is 1.93. The molecule has 1 aromatic carbocycles. The molecular formula is C15H13ClN2O. The fraction of sp³-hybridized carbons (Fsp3) is 0.133. The molecule has 96 valence electrons. The maximum atomic E-state index is 6.15. The van der Waals surface area contributed by atoms with Gasteiger partial charge in [-0.05, 0) is 42.8 Å². The number of nitrogens with one attached hydrogen (secondary N) is 1. The van der Waals surface area contributed by atoms with Crippen molar-refractivity contribution in [1.82, 2.24) is 4.98 Å². The van der Waals surface area contributed by atoms with Gasteiger partial charge in [0.15, 0.2) is 0 Å². The second kappa shape index (κ2) is 4.94. The van der Waals surface area contributed by atoms with Crippen LogP contribution in [0, 0.1) is 6.92 Å². The molecule has 0 atom stereocenters. The van der Waals surface area contributed by atoms with Gasteiger partial charge in [0.25, 0.3) is 0 Å². The number of aryl methyl sites for hydroxylation is 1. The Hall–Kier alpha value is -2.00. The molecule has 2 heterocycles. The molecule has 3 aromatic rings. The molecule has 3 rings (SSSR count). The minimum Gasteiger partial charge on any atom is -0.467 e. The van der Waals surface area contributed by atoms with E-state index in [1.165, 1.54) is 0 Å². The number of halogens is 1. The van der Waals surface area contributed by atoms with E-state index in [4.69, 9.17) is 16.0 Å². The number of fused-ring (bicyclic) bond motifs is 1. The smallest absolute Gasteiger partial charge is 0.125 e. The minimum absolute atomic E-state index is 0.643. The minimum atomic E-state index is 0.643. The van der Waals surface area contributed by atoms with Gasteiger partial charge in [-0.15, -0.1) is 0 Å². The van der Waals surface area contributed by atoms with E-state index in [1.807, 2.05) is 37.3 Å². The summed E-state index contributed by atoms with van der Waals surface area (Å²) >= 11 is 6.15. The van der Waals surface area contributed by atoms with Crippen molar-refractivity contribution in [3.05, 3.63) is 59.1 Å². The average Bonchev–Trinajstić information content (AvgIpc) is 2.84. The number of hydrogen-bond acceptors (Lipinski definition) is 3. The predicted molar refractivity (Wildman–Crippen MR) is 77.5 cm³/mol. The number of benzene rings is 1. The first kappa shape index (κ1) is 12.1. The standard InChI is InChI=1S/C15H13ClN2O/c1-10-6-8-19-14(10)9-18-13-5-4-12(16)15-11(13)3-2-7-17-15/h2-8,18H,9H2,1H3. The van der Waals surface area contributed by atoms with Crippen LogP contribution in [0.2, 0.25) is 5.02 Å². The van der Waals surface area contributed by atoms with Crippen LogP contribution in [0.1, 0.15) is 11.3 Å². The molecule has 0 radical (unpaired) electrons. The summed E-state index contributed by atoms with van der Waals surface area (Å²) in [6, 6.07) is 9.69. The molecule has 0 unspecified atom stereocenters. The molecule has 0 amide bonds. The van der Waals surface area contributed by atoms with Gasteiger partial charge >= 0.3 is 0 Å². The first-order chi connectivity index (χ1) is 9.25. The molecule has 0 bridgehead atoms. The van der Waals surface area contributed by atoms with Crippen LogP contribution in [0.4, 0.5) is 5.69 Å². The number of furan rings is 1. The van der Waals surface area contributed by atoms with Crippen LogP contribution in [-0.2, 0) is 6.54 Å². The molecule has 0 saturated heterocycles. The highest BCUT2D eigenvalue weighted by Gasteiger charge is 2.07. The zero-order valence-electron chi connectivity index (χ0n) is 10.5. The summed E-state index contributed by atoms with van der Waals surface area (Å²) < 4.78 is 5.42. The number of hydrogen-bond donors (Lipinski definition) is 1. The van der Waals surface area contributed by atoms with Crippen LogP contribution in [0.15, 0.2) is 47.2 Å². The van der Waals surface area contributed by atoms with E-state index in [1.54, 1.807) is 12.5 Å². The lowest BCUT2D eigenvalue weighted by Crippen LogP contribution is -2.00. The number of rotatable bonds is 3. The summed E-state index contributed by atoms with van der Waals surface area (Å²) in [6.07, 6.45) is 3.45. The summed E-state index contributed by atoms with van der Waals surface area (Å²) in [4.78, 5) is 4.31. The Morgan fingerprint density at radius 2 is 2.16 bits per heavy atom. The van der Waals surface area contributed by atoms with Crippen molar-refractivity contribution in [3.8, 4) is 0 Å². The van der Waals surface area contributed by atoms with Crippen molar-refractivity contribution in [2.75, 3.05) is 5.32 Å². The summed E-state index contributed by atoms with van der Waals surface area (Å²) in [5, 5.41) is 5.04. The van der Waals surface area contributed by atoms with Crippen molar-refractivity contribution in [3.63, 3.8) is 0 Å². The van der Waals surface area contributed by atoms with Gasteiger partial charge in [0.1, 0.15) is 5.76 Å². The molecule has 0 aliphatic carbocycles. The van der Waals surface area contributed by atoms with E-state index in [-0.39, 0.29) is 0 Å². The summed E-state index contributed by atoms with van der Waals surface area (Å²) in [5.74, 6) is 0.937. The van der Waals surface area contributed by atoms with Gasteiger partial charge in [-0.3, -0.25) is 4.98 Å². The number of pyridine rings is 1. The largest absolute Gasteiger partial charge is 0.467 e. The van der Waals surface area contributed by atoms with Gasteiger partial charge in [0, 0.05) is 17.3 Å². The Kier molecular flexibility index (Phi) is 3.13. The topological polar surface area (TPSA) is 38.1 Å². The molecule has 0 fully saturated rings. The maximum absolute atomic E-state index is 6.15. The number of nitrogens with zero attached hydrogens (tertiary/aromatic N) is 1. The third kappa shape index (κ3) is 2.29.